The average molecular weight is 314 g/mol. The van der Waals surface area contributed by atoms with Crippen molar-refractivity contribution in [2.24, 2.45) is 7.05 Å². The summed E-state index contributed by atoms with van der Waals surface area (Å²) in [6.45, 7) is 4.00. The van der Waals surface area contributed by atoms with Crippen LogP contribution < -0.4 is 5.56 Å². The van der Waals surface area contributed by atoms with Crippen LogP contribution in [0.15, 0.2) is 14.8 Å². The maximum atomic E-state index is 12.3. The van der Waals surface area contributed by atoms with Gasteiger partial charge in [-0.05, 0) is 6.42 Å². The number of carbonyl (C=O) groups is 1. The fourth-order valence-corrected chi connectivity index (χ4v) is 4.20. The van der Waals surface area contributed by atoms with Gasteiger partial charge in [0.05, 0.1) is 17.7 Å². The van der Waals surface area contributed by atoms with Crippen LogP contribution in [-0.2, 0) is 23.0 Å². The summed E-state index contributed by atoms with van der Waals surface area (Å²) in [6, 6.07) is 0. The molecule has 2 atom stereocenters. The molecule has 0 bridgehead atoms. The Morgan fingerprint density at radius 3 is 2.95 bits per heavy atom. The Hall–Kier alpha value is -0.950. The summed E-state index contributed by atoms with van der Waals surface area (Å²) in [7, 11) is 3.07. The minimum absolute atomic E-state index is 0.0217. The van der Waals surface area contributed by atoms with Gasteiger partial charge in [0.2, 0.25) is 0 Å². The molecule has 0 unspecified atom stereocenters. The molecule has 110 valence electrons. The number of ether oxygens (including phenoxy) is 1. The van der Waals surface area contributed by atoms with E-state index < -0.39 is 0 Å². The van der Waals surface area contributed by atoms with Crippen LogP contribution in [0.3, 0.4) is 0 Å². The van der Waals surface area contributed by atoms with Gasteiger partial charge in [0, 0.05) is 18.7 Å². The molecule has 2 heterocycles. The first kappa shape index (κ1) is 15.4. The molecule has 0 amide bonds. The second kappa shape index (κ2) is 6.22. The predicted molar refractivity (Wildman–Crippen MR) is 80.5 cm³/mol. The van der Waals surface area contributed by atoms with Crippen molar-refractivity contribution in [2.45, 2.75) is 47.2 Å². The van der Waals surface area contributed by atoms with E-state index in [9.17, 15) is 9.59 Å². The van der Waals surface area contributed by atoms with E-state index in [-0.39, 0.29) is 16.8 Å². The van der Waals surface area contributed by atoms with E-state index in [0.29, 0.717) is 16.8 Å². The highest BCUT2D eigenvalue weighted by Gasteiger charge is 2.27. The number of rotatable bonds is 4. The molecule has 0 aromatic carbocycles. The number of fused-ring (bicyclic) bond motifs is 1. The smallest absolute Gasteiger partial charge is 0.319 e. The van der Waals surface area contributed by atoms with Gasteiger partial charge in [-0.2, -0.15) is 0 Å². The average Bonchev–Trinajstić information content (AvgIpc) is 2.81. The number of hydrogen-bond acceptors (Lipinski definition) is 6. The molecular weight excluding hydrogens is 296 g/mol. The van der Waals surface area contributed by atoms with Gasteiger partial charge in [0.1, 0.15) is 5.25 Å². The summed E-state index contributed by atoms with van der Waals surface area (Å²) in [5.41, 5.74) is 0.833. The maximum Gasteiger partial charge on any atom is 0.319 e. The van der Waals surface area contributed by atoms with Crippen LogP contribution in [0.5, 0.6) is 0 Å². The van der Waals surface area contributed by atoms with E-state index in [4.69, 9.17) is 4.74 Å². The largest absolute Gasteiger partial charge is 0.468 e. The highest BCUT2D eigenvalue weighted by Crippen LogP contribution is 2.34. The molecule has 0 spiro atoms. The lowest BCUT2D eigenvalue weighted by Crippen LogP contribution is -2.25. The molecule has 1 aromatic heterocycles. The summed E-state index contributed by atoms with van der Waals surface area (Å²) in [4.78, 5) is 29.3. The van der Waals surface area contributed by atoms with Crippen molar-refractivity contribution in [1.82, 2.24) is 9.55 Å². The zero-order chi connectivity index (χ0) is 14.9. The second-order valence-electron chi connectivity index (χ2n) is 4.70. The Balaban J connectivity index is 2.34. The molecule has 0 saturated heterocycles. The highest BCUT2D eigenvalue weighted by atomic mass is 32.2. The Morgan fingerprint density at radius 1 is 1.65 bits per heavy atom. The normalized spacial score (nSPS) is 18.7. The molecule has 0 N–H and O–H groups in total. The van der Waals surface area contributed by atoms with Crippen molar-refractivity contribution < 1.29 is 9.53 Å². The van der Waals surface area contributed by atoms with E-state index in [2.05, 4.69) is 11.9 Å². The number of thioether (sulfide) groups is 2. The number of methoxy groups -OCH3 is 1. The van der Waals surface area contributed by atoms with E-state index >= 15 is 0 Å². The van der Waals surface area contributed by atoms with Gasteiger partial charge in [0.15, 0.2) is 5.16 Å². The van der Waals surface area contributed by atoms with Crippen molar-refractivity contribution in [3.63, 3.8) is 0 Å². The van der Waals surface area contributed by atoms with Crippen LogP contribution in [0.1, 0.15) is 26.0 Å². The number of carbonyl (C=O) groups excluding carboxylic acids is 1. The first-order valence-electron chi connectivity index (χ1n) is 6.49. The monoisotopic (exact) mass is 314 g/mol. The standard InChI is InChI=1S/C13H18N2O3S2/c1-5-9(12(17)18-4)20-13-14-8-6-7(2)19-10(8)11(16)15(13)3/h7,9H,5-6H2,1-4H3/t7-,9-/m1/s1. The quantitative estimate of drug-likeness (QED) is 0.480. The Bertz CT molecular complexity index is 586. The van der Waals surface area contributed by atoms with Gasteiger partial charge in [-0.3, -0.25) is 14.2 Å². The number of hydrogen-bond donors (Lipinski definition) is 0. The lowest BCUT2D eigenvalue weighted by molar-refractivity contribution is -0.140. The molecule has 20 heavy (non-hydrogen) atoms. The topological polar surface area (TPSA) is 61.2 Å². The first-order chi connectivity index (χ1) is 9.47. The zero-order valence-electron chi connectivity index (χ0n) is 12.0. The molecule has 0 saturated carbocycles. The molecule has 0 fully saturated rings. The van der Waals surface area contributed by atoms with Crippen LogP contribution in [0.2, 0.25) is 0 Å². The highest BCUT2D eigenvalue weighted by molar-refractivity contribution is 8.00. The zero-order valence-corrected chi connectivity index (χ0v) is 13.6. The van der Waals surface area contributed by atoms with Crippen molar-refractivity contribution in [2.75, 3.05) is 7.11 Å². The van der Waals surface area contributed by atoms with E-state index in [1.165, 1.54) is 23.4 Å². The summed E-state index contributed by atoms with van der Waals surface area (Å²) >= 11 is 2.88. The van der Waals surface area contributed by atoms with Crippen molar-refractivity contribution in [3.05, 3.63) is 16.0 Å². The fraction of sp³-hybridized carbons (Fsp3) is 0.615. The fourth-order valence-electron chi connectivity index (χ4n) is 2.04. The van der Waals surface area contributed by atoms with Crippen molar-refractivity contribution in [1.29, 1.82) is 0 Å². The van der Waals surface area contributed by atoms with E-state index in [1.54, 1.807) is 18.8 Å². The molecule has 1 aliphatic heterocycles. The van der Waals surface area contributed by atoms with Gasteiger partial charge in [-0.25, -0.2) is 4.98 Å². The van der Waals surface area contributed by atoms with Crippen LogP contribution in [0, 0.1) is 0 Å². The minimum Gasteiger partial charge on any atom is -0.468 e. The predicted octanol–water partition coefficient (Wildman–Crippen LogP) is 1.86. The lowest BCUT2D eigenvalue weighted by Gasteiger charge is -2.14. The lowest BCUT2D eigenvalue weighted by atomic mass is 10.2. The molecule has 1 aliphatic rings. The Kier molecular flexibility index (Phi) is 4.80. The number of nitrogens with zero attached hydrogens (tertiary/aromatic N) is 2. The van der Waals surface area contributed by atoms with Crippen molar-refractivity contribution >= 4 is 29.5 Å². The first-order valence-corrected chi connectivity index (χ1v) is 8.24. The third-order valence-corrected chi connectivity index (χ3v) is 5.76. The molecule has 0 radical (unpaired) electrons. The number of esters is 1. The number of aromatic nitrogens is 2. The van der Waals surface area contributed by atoms with Crippen molar-refractivity contribution in [3.8, 4) is 0 Å². The molecule has 1 aromatic rings. The van der Waals surface area contributed by atoms with Crippen LogP contribution in [-0.4, -0.2) is 33.1 Å². The second-order valence-corrected chi connectivity index (χ2v) is 7.32. The van der Waals surface area contributed by atoms with Gasteiger partial charge in [-0.1, -0.05) is 25.6 Å². The Labute approximate surface area is 126 Å². The summed E-state index contributed by atoms with van der Waals surface area (Å²) < 4.78 is 6.30. The minimum atomic E-state index is -0.331. The summed E-state index contributed by atoms with van der Waals surface area (Å²) in [5.74, 6) is -0.282. The molecule has 5 nitrogen and oxygen atoms in total. The molecule has 0 aliphatic carbocycles. The van der Waals surface area contributed by atoms with E-state index in [1.807, 2.05) is 6.92 Å². The third kappa shape index (κ3) is 2.88. The van der Waals surface area contributed by atoms with Gasteiger partial charge >= 0.3 is 5.97 Å². The molecular formula is C13H18N2O3S2. The van der Waals surface area contributed by atoms with Crippen LogP contribution in [0.4, 0.5) is 0 Å². The summed E-state index contributed by atoms with van der Waals surface area (Å²) in [6.07, 6.45) is 1.44. The molecule has 2 rings (SSSR count). The van der Waals surface area contributed by atoms with Crippen LogP contribution in [0.25, 0.3) is 0 Å². The Morgan fingerprint density at radius 2 is 2.35 bits per heavy atom. The SMILES string of the molecule is CC[C@@H](Sc1nc2c(c(=O)n1C)S[C@H](C)C2)C(=O)OC. The molecule has 7 heteroatoms. The van der Waals surface area contributed by atoms with Gasteiger partial charge in [-0.15, -0.1) is 11.8 Å². The van der Waals surface area contributed by atoms with Gasteiger partial charge < -0.3 is 4.74 Å². The van der Waals surface area contributed by atoms with E-state index in [0.717, 1.165) is 17.0 Å². The van der Waals surface area contributed by atoms with Gasteiger partial charge in [0.25, 0.3) is 5.56 Å². The maximum absolute atomic E-state index is 12.3. The van der Waals surface area contributed by atoms with Crippen LogP contribution >= 0.6 is 23.5 Å². The summed E-state index contributed by atoms with van der Waals surface area (Å²) in [5, 5.41) is 0.636. The third-order valence-electron chi connectivity index (χ3n) is 3.16.